The molecular weight excluding hydrogens is 226 g/mol. The van der Waals surface area contributed by atoms with Crippen LogP contribution in [-0.2, 0) is 12.8 Å². The number of fused-ring (bicyclic) bond motifs is 1. The molecule has 0 fully saturated rings. The smallest absolute Gasteiger partial charge is 0.0111 e. The fraction of sp³-hybridized carbons (Fsp3) is 0.467. The molecule has 1 aliphatic rings. The van der Waals surface area contributed by atoms with Crippen LogP contribution in [0.3, 0.4) is 0 Å². The van der Waals surface area contributed by atoms with Gasteiger partial charge in [0.05, 0.1) is 0 Å². The first-order valence-corrected chi connectivity index (χ1v) is 7.54. The summed E-state index contributed by atoms with van der Waals surface area (Å²) in [5.41, 5.74) is 3.08. The average Bonchev–Trinajstić information content (AvgIpc) is 2.38. The van der Waals surface area contributed by atoms with Gasteiger partial charge in [0, 0.05) is 24.1 Å². The zero-order valence-corrected chi connectivity index (χ0v) is 11.1. The molecule has 0 saturated heterocycles. The van der Waals surface area contributed by atoms with Gasteiger partial charge in [0.1, 0.15) is 0 Å². The Hall–Kier alpha value is -0.730. The second kappa shape index (κ2) is 6.87. The van der Waals surface area contributed by atoms with E-state index in [0.717, 1.165) is 12.3 Å². The number of aryl methyl sites for hydroxylation is 1. The topological polar surface area (TPSA) is 12.0 Å². The van der Waals surface area contributed by atoms with Crippen molar-refractivity contribution in [1.29, 1.82) is 0 Å². The molecule has 0 spiro atoms. The largest absolute Gasteiger partial charge is 0.313 e. The van der Waals surface area contributed by atoms with Gasteiger partial charge in [0.15, 0.2) is 0 Å². The molecule has 1 aromatic rings. The first kappa shape index (κ1) is 12.7. The predicted octanol–water partition coefficient (Wildman–Crippen LogP) is 3.05. The molecule has 1 N–H and O–H groups in total. The Balaban J connectivity index is 1.73. The SMILES string of the molecule is C=CCSCCNC1CCc2ccccc2C1. The number of hydrogen-bond donors (Lipinski definition) is 1. The van der Waals surface area contributed by atoms with Gasteiger partial charge >= 0.3 is 0 Å². The van der Waals surface area contributed by atoms with Gasteiger partial charge in [-0.05, 0) is 30.4 Å². The molecule has 2 rings (SSSR count). The van der Waals surface area contributed by atoms with E-state index in [1.807, 2.05) is 17.8 Å². The van der Waals surface area contributed by atoms with E-state index >= 15 is 0 Å². The van der Waals surface area contributed by atoms with Crippen molar-refractivity contribution in [2.45, 2.75) is 25.3 Å². The summed E-state index contributed by atoms with van der Waals surface area (Å²) in [5.74, 6) is 2.25. The predicted molar refractivity (Wildman–Crippen MR) is 77.8 cm³/mol. The van der Waals surface area contributed by atoms with Crippen LogP contribution in [0.1, 0.15) is 17.5 Å². The highest BCUT2D eigenvalue weighted by atomic mass is 32.2. The molecule has 1 unspecified atom stereocenters. The molecule has 0 radical (unpaired) electrons. The van der Waals surface area contributed by atoms with E-state index in [0.29, 0.717) is 6.04 Å². The molecule has 92 valence electrons. The van der Waals surface area contributed by atoms with Crippen molar-refractivity contribution in [3.05, 3.63) is 48.0 Å². The van der Waals surface area contributed by atoms with Crippen LogP contribution in [0, 0.1) is 0 Å². The molecule has 0 heterocycles. The third-order valence-corrected chi connectivity index (χ3v) is 4.23. The maximum Gasteiger partial charge on any atom is 0.0111 e. The number of rotatable bonds is 6. The average molecular weight is 247 g/mol. The summed E-state index contributed by atoms with van der Waals surface area (Å²) in [7, 11) is 0. The minimum Gasteiger partial charge on any atom is -0.313 e. The Morgan fingerprint density at radius 2 is 2.18 bits per heavy atom. The third-order valence-electron chi connectivity index (χ3n) is 3.26. The molecule has 2 heteroatoms. The molecule has 1 atom stereocenters. The molecule has 1 nitrogen and oxygen atoms in total. The first-order valence-electron chi connectivity index (χ1n) is 6.39. The summed E-state index contributed by atoms with van der Waals surface area (Å²) in [6, 6.07) is 9.52. The Kier molecular flexibility index (Phi) is 5.14. The van der Waals surface area contributed by atoms with Gasteiger partial charge in [-0.3, -0.25) is 0 Å². The third kappa shape index (κ3) is 3.90. The normalized spacial score (nSPS) is 18.7. The van der Waals surface area contributed by atoms with Crippen LogP contribution in [0.15, 0.2) is 36.9 Å². The fourth-order valence-corrected chi connectivity index (χ4v) is 2.97. The number of benzene rings is 1. The number of nitrogens with one attached hydrogen (secondary N) is 1. The van der Waals surface area contributed by atoms with Gasteiger partial charge in [-0.25, -0.2) is 0 Å². The Labute approximate surface area is 109 Å². The summed E-state index contributed by atoms with van der Waals surface area (Å²) in [6.07, 6.45) is 5.68. The van der Waals surface area contributed by atoms with E-state index in [1.54, 1.807) is 5.56 Å². The highest BCUT2D eigenvalue weighted by Gasteiger charge is 2.16. The van der Waals surface area contributed by atoms with Crippen molar-refractivity contribution in [3.63, 3.8) is 0 Å². The summed E-state index contributed by atoms with van der Waals surface area (Å²) < 4.78 is 0. The molecule has 0 aliphatic heterocycles. The van der Waals surface area contributed by atoms with Crippen molar-refractivity contribution < 1.29 is 0 Å². The molecule has 0 amide bonds. The van der Waals surface area contributed by atoms with Gasteiger partial charge < -0.3 is 5.32 Å². The second-order valence-electron chi connectivity index (χ2n) is 4.53. The second-order valence-corrected chi connectivity index (χ2v) is 5.68. The quantitative estimate of drug-likeness (QED) is 0.612. The van der Waals surface area contributed by atoms with Crippen LogP contribution >= 0.6 is 11.8 Å². The summed E-state index contributed by atoms with van der Waals surface area (Å²) in [5, 5.41) is 3.67. The zero-order chi connectivity index (χ0) is 11.9. The van der Waals surface area contributed by atoms with Crippen molar-refractivity contribution in [3.8, 4) is 0 Å². The van der Waals surface area contributed by atoms with Crippen LogP contribution in [0.4, 0.5) is 0 Å². The first-order chi connectivity index (χ1) is 8.40. The van der Waals surface area contributed by atoms with Gasteiger partial charge in [-0.1, -0.05) is 30.3 Å². The van der Waals surface area contributed by atoms with Crippen molar-refractivity contribution in [2.75, 3.05) is 18.1 Å². The van der Waals surface area contributed by atoms with Crippen molar-refractivity contribution in [2.24, 2.45) is 0 Å². The molecule has 17 heavy (non-hydrogen) atoms. The standard InChI is InChI=1S/C15H21NS/c1-2-10-17-11-9-16-15-8-7-13-5-3-4-6-14(13)12-15/h2-6,15-16H,1,7-12H2. The van der Waals surface area contributed by atoms with Gasteiger partial charge in [0.2, 0.25) is 0 Å². The molecular formula is C15H21NS. The summed E-state index contributed by atoms with van der Waals surface area (Å²) in [6.45, 7) is 4.85. The van der Waals surface area contributed by atoms with E-state index in [9.17, 15) is 0 Å². The van der Waals surface area contributed by atoms with Crippen LogP contribution < -0.4 is 5.32 Å². The fourth-order valence-electron chi connectivity index (χ4n) is 2.37. The van der Waals surface area contributed by atoms with Crippen molar-refractivity contribution in [1.82, 2.24) is 5.32 Å². The number of thioether (sulfide) groups is 1. The summed E-state index contributed by atoms with van der Waals surface area (Å²) in [4.78, 5) is 0. The Morgan fingerprint density at radius 1 is 1.35 bits per heavy atom. The van der Waals surface area contributed by atoms with Crippen LogP contribution in [0.5, 0.6) is 0 Å². The molecule has 1 aromatic carbocycles. The van der Waals surface area contributed by atoms with Gasteiger partial charge in [0.25, 0.3) is 0 Å². The van der Waals surface area contributed by atoms with Gasteiger partial charge in [-0.15, -0.1) is 6.58 Å². The maximum absolute atomic E-state index is 3.73. The van der Waals surface area contributed by atoms with Crippen LogP contribution in [0.25, 0.3) is 0 Å². The lowest BCUT2D eigenvalue weighted by molar-refractivity contribution is 0.472. The molecule has 1 aliphatic carbocycles. The maximum atomic E-state index is 3.73. The molecule has 0 bridgehead atoms. The van der Waals surface area contributed by atoms with E-state index in [4.69, 9.17) is 0 Å². The van der Waals surface area contributed by atoms with Crippen LogP contribution in [0.2, 0.25) is 0 Å². The van der Waals surface area contributed by atoms with Crippen LogP contribution in [-0.4, -0.2) is 24.1 Å². The van der Waals surface area contributed by atoms with E-state index in [-0.39, 0.29) is 0 Å². The zero-order valence-electron chi connectivity index (χ0n) is 10.3. The molecule has 0 aromatic heterocycles. The van der Waals surface area contributed by atoms with Crippen molar-refractivity contribution >= 4 is 11.8 Å². The minimum atomic E-state index is 0.675. The number of hydrogen-bond acceptors (Lipinski definition) is 2. The minimum absolute atomic E-state index is 0.675. The lowest BCUT2D eigenvalue weighted by atomic mass is 9.88. The van der Waals surface area contributed by atoms with E-state index in [1.165, 1.54) is 30.6 Å². The monoisotopic (exact) mass is 247 g/mol. The van der Waals surface area contributed by atoms with Gasteiger partial charge in [-0.2, -0.15) is 11.8 Å². The molecule has 0 saturated carbocycles. The Morgan fingerprint density at radius 3 is 3.00 bits per heavy atom. The van der Waals surface area contributed by atoms with E-state index in [2.05, 4.69) is 36.2 Å². The highest BCUT2D eigenvalue weighted by molar-refractivity contribution is 7.99. The lowest BCUT2D eigenvalue weighted by Gasteiger charge is -2.25. The van der Waals surface area contributed by atoms with E-state index < -0.39 is 0 Å². The highest BCUT2D eigenvalue weighted by Crippen LogP contribution is 2.20. The Bertz CT molecular complexity index is 362. The lowest BCUT2D eigenvalue weighted by Crippen LogP contribution is -2.35. The summed E-state index contributed by atoms with van der Waals surface area (Å²) >= 11 is 1.95.